The van der Waals surface area contributed by atoms with E-state index < -0.39 is 17.6 Å². The summed E-state index contributed by atoms with van der Waals surface area (Å²) < 4.78 is 38.2. The van der Waals surface area contributed by atoms with Gasteiger partial charge in [-0.2, -0.15) is 13.2 Å². The number of nitrogens with zero attached hydrogens (tertiary/aromatic N) is 3. The minimum Gasteiger partial charge on any atom is -0.345 e. The van der Waals surface area contributed by atoms with Crippen LogP contribution in [0.4, 0.5) is 18.3 Å². The number of alkyl halides is 3. The zero-order chi connectivity index (χ0) is 15.0. The Labute approximate surface area is 118 Å². The van der Waals surface area contributed by atoms with Crippen LogP contribution in [0.25, 0.3) is 0 Å². The first-order chi connectivity index (χ1) is 9.23. The molecule has 0 aliphatic carbocycles. The van der Waals surface area contributed by atoms with Crippen molar-refractivity contribution in [1.82, 2.24) is 9.88 Å². The summed E-state index contributed by atoms with van der Waals surface area (Å²) in [7, 11) is 0. The number of amides is 1. The second kappa shape index (κ2) is 5.21. The minimum absolute atomic E-state index is 0.210. The van der Waals surface area contributed by atoms with E-state index in [4.69, 9.17) is 5.73 Å². The highest BCUT2D eigenvalue weighted by molar-refractivity contribution is 7.13. The standard InChI is InChI=1S/C11H15F3N4OS/c1-10(15,11(12,13)14)8(19)17-3-5-18(6-4-17)9-16-2-7-20-9/h2,7H,3-6,15H2,1H3. The third-order valence-corrected chi connectivity index (χ3v) is 4.12. The van der Waals surface area contributed by atoms with E-state index in [1.165, 1.54) is 11.3 Å². The average Bonchev–Trinajstić information content (AvgIpc) is 2.90. The highest BCUT2D eigenvalue weighted by atomic mass is 32.1. The van der Waals surface area contributed by atoms with Gasteiger partial charge in [0.15, 0.2) is 10.7 Å². The topological polar surface area (TPSA) is 62.5 Å². The van der Waals surface area contributed by atoms with Crippen LogP contribution in [0.3, 0.4) is 0 Å². The predicted octanol–water partition coefficient (Wildman–Crippen LogP) is 1.07. The largest absolute Gasteiger partial charge is 0.415 e. The van der Waals surface area contributed by atoms with E-state index in [-0.39, 0.29) is 13.1 Å². The number of nitrogens with two attached hydrogens (primary N) is 1. The smallest absolute Gasteiger partial charge is 0.345 e. The average molecular weight is 308 g/mol. The third kappa shape index (κ3) is 2.73. The van der Waals surface area contributed by atoms with Crippen molar-refractivity contribution >= 4 is 22.4 Å². The van der Waals surface area contributed by atoms with E-state index in [2.05, 4.69) is 4.98 Å². The number of piperazine rings is 1. The van der Waals surface area contributed by atoms with Crippen LogP contribution in [-0.4, -0.2) is 53.7 Å². The van der Waals surface area contributed by atoms with Crippen molar-refractivity contribution in [2.75, 3.05) is 31.1 Å². The molecular formula is C11H15F3N4OS. The number of hydrogen-bond acceptors (Lipinski definition) is 5. The SMILES string of the molecule is CC(N)(C(=O)N1CCN(c2nccs2)CC1)C(F)(F)F. The Morgan fingerprint density at radius 3 is 2.40 bits per heavy atom. The van der Waals surface area contributed by atoms with E-state index in [0.717, 1.165) is 10.0 Å². The fourth-order valence-electron chi connectivity index (χ4n) is 1.92. The summed E-state index contributed by atoms with van der Waals surface area (Å²) in [5.41, 5.74) is 2.32. The molecule has 5 nitrogen and oxygen atoms in total. The van der Waals surface area contributed by atoms with E-state index in [9.17, 15) is 18.0 Å². The Morgan fingerprint density at radius 1 is 1.35 bits per heavy atom. The van der Waals surface area contributed by atoms with Crippen molar-refractivity contribution in [2.24, 2.45) is 5.73 Å². The zero-order valence-corrected chi connectivity index (χ0v) is 11.7. The maximum Gasteiger partial charge on any atom is 0.415 e. The number of aromatic nitrogens is 1. The molecule has 0 radical (unpaired) electrons. The third-order valence-electron chi connectivity index (χ3n) is 3.29. The van der Waals surface area contributed by atoms with E-state index in [0.29, 0.717) is 20.0 Å². The van der Waals surface area contributed by atoms with Crippen LogP contribution in [0.2, 0.25) is 0 Å². The van der Waals surface area contributed by atoms with E-state index >= 15 is 0 Å². The zero-order valence-electron chi connectivity index (χ0n) is 10.9. The number of carbonyl (C=O) groups is 1. The van der Waals surface area contributed by atoms with Gasteiger partial charge in [-0.25, -0.2) is 4.98 Å². The summed E-state index contributed by atoms with van der Waals surface area (Å²) >= 11 is 1.46. The summed E-state index contributed by atoms with van der Waals surface area (Å²) in [6.07, 6.45) is -3.09. The number of anilines is 1. The van der Waals surface area contributed by atoms with Gasteiger partial charge in [-0.1, -0.05) is 0 Å². The minimum atomic E-state index is -4.75. The lowest BCUT2D eigenvalue weighted by Gasteiger charge is -2.38. The molecule has 1 aliphatic heterocycles. The van der Waals surface area contributed by atoms with Gasteiger partial charge in [0.25, 0.3) is 5.91 Å². The van der Waals surface area contributed by atoms with Crippen LogP contribution in [0.1, 0.15) is 6.92 Å². The Morgan fingerprint density at radius 2 is 1.95 bits per heavy atom. The van der Waals surface area contributed by atoms with Crippen molar-refractivity contribution in [3.8, 4) is 0 Å². The number of carbonyl (C=O) groups excluding carboxylic acids is 1. The molecule has 20 heavy (non-hydrogen) atoms. The molecule has 1 fully saturated rings. The first-order valence-corrected chi connectivity index (χ1v) is 6.91. The summed E-state index contributed by atoms with van der Waals surface area (Å²) in [5.74, 6) is -1.08. The Kier molecular flexibility index (Phi) is 3.92. The maximum atomic E-state index is 12.7. The molecule has 2 heterocycles. The van der Waals surface area contributed by atoms with Crippen molar-refractivity contribution in [2.45, 2.75) is 18.6 Å². The molecule has 1 aliphatic rings. The van der Waals surface area contributed by atoms with E-state index in [1.807, 2.05) is 10.3 Å². The Bertz CT molecular complexity index is 467. The van der Waals surface area contributed by atoms with Gasteiger partial charge in [-0.15, -0.1) is 11.3 Å². The number of rotatable bonds is 2. The van der Waals surface area contributed by atoms with Crippen LogP contribution in [0, 0.1) is 0 Å². The van der Waals surface area contributed by atoms with Gasteiger partial charge >= 0.3 is 6.18 Å². The maximum absolute atomic E-state index is 12.7. The number of thiazole rings is 1. The Balaban J connectivity index is 1.99. The van der Waals surface area contributed by atoms with Crippen LogP contribution >= 0.6 is 11.3 Å². The fourth-order valence-corrected chi connectivity index (χ4v) is 2.62. The van der Waals surface area contributed by atoms with Crippen molar-refractivity contribution in [1.29, 1.82) is 0 Å². The van der Waals surface area contributed by atoms with Gasteiger partial charge in [0.05, 0.1) is 0 Å². The molecule has 0 spiro atoms. The molecule has 112 valence electrons. The molecule has 2 N–H and O–H groups in total. The van der Waals surface area contributed by atoms with Gasteiger partial charge in [0, 0.05) is 37.8 Å². The lowest BCUT2D eigenvalue weighted by Crippen LogP contribution is -2.64. The summed E-state index contributed by atoms with van der Waals surface area (Å²) in [6, 6.07) is 0. The molecular weight excluding hydrogens is 293 g/mol. The van der Waals surface area contributed by atoms with Crippen LogP contribution in [0.15, 0.2) is 11.6 Å². The van der Waals surface area contributed by atoms with Gasteiger partial charge in [0.1, 0.15) is 0 Å². The molecule has 1 aromatic heterocycles. The molecule has 2 rings (SSSR count). The van der Waals surface area contributed by atoms with Crippen molar-refractivity contribution < 1.29 is 18.0 Å². The lowest BCUT2D eigenvalue weighted by molar-refractivity contribution is -0.193. The first-order valence-electron chi connectivity index (χ1n) is 6.03. The summed E-state index contributed by atoms with van der Waals surface area (Å²) in [5, 5.41) is 2.64. The predicted molar refractivity (Wildman–Crippen MR) is 69.6 cm³/mol. The summed E-state index contributed by atoms with van der Waals surface area (Å²) in [4.78, 5) is 19.1. The molecule has 1 amide bonds. The van der Waals surface area contributed by atoms with Crippen molar-refractivity contribution in [3.05, 3.63) is 11.6 Å². The summed E-state index contributed by atoms with van der Waals surface area (Å²) in [6.45, 7) is 2.03. The molecule has 9 heteroatoms. The molecule has 0 bridgehead atoms. The lowest BCUT2D eigenvalue weighted by atomic mass is 10.0. The van der Waals surface area contributed by atoms with Gasteiger partial charge in [-0.3, -0.25) is 4.79 Å². The first kappa shape index (κ1) is 15.0. The van der Waals surface area contributed by atoms with Crippen LogP contribution in [-0.2, 0) is 4.79 Å². The quantitative estimate of drug-likeness (QED) is 0.888. The fraction of sp³-hybridized carbons (Fsp3) is 0.636. The Hall–Kier alpha value is -1.35. The van der Waals surface area contributed by atoms with Crippen molar-refractivity contribution in [3.63, 3.8) is 0 Å². The second-order valence-corrected chi connectivity index (χ2v) is 5.67. The molecule has 1 aromatic rings. The van der Waals surface area contributed by atoms with E-state index in [1.54, 1.807) is 6.20 Å². The van der Waals surface area contributed by atoms with Gasteiger partial charge in [-0.05, 0) is 6.92 Å². The highest BCUT2D eigenvalue weighted by Gasteiger charge is 2.55. The molecule has 1 unspecified atom stereocenters. The number of halogens is 3. The highest BCUT2D eigenvalue weighted by Crippen LogP contribution is 2.30. The molecule has 0 aromatic carbocycles. The second-order valence-electron chi connectivity index (χ2n) is 4.79. The molecule has 1 saturated heterocycles. The normalized spacial score (nSPS) is 19.9. The number of hydrogen-bond donors (Lipinski definition) is 1. The van der Waals surface area contributed by atoms with Gasteiger partial charge < -0.3 is 15.5 Å². The van der Waals surface area contributed by atoms with Crippen LogP contribution in [0.5, 0.6) is 0 Å². The monoisotopic (exact) mass is 308 g/mol. The van der Waals surface area contributed by atoms with Gasteiger partial charge in [0.2, 0.25) is 0 Å². The van der Waals surface area contributed by atoms with Crippen LogP contribution < -0.4 is 10.6 Å². The molecule has 0 saturated carbocycles. The molecule has 1 atom stereocenters.